The first kappa shape index (κ1) is 15.3. The molecular weight excluding hydrogens is 292 g/mol. The van der Waals surface area contributed by atoms with Crippen LogP contribution in [0.4, 0.5) is 0 Å². The Morgan fingerprint density at radius 1 is 1.14 bits per heavy atom. The molecule has 21 heavy (non-hydrogen) atoms. The van der Waals surface area contributed by atoms with Crippen molar-refractivity contribution in [3.8, 4) is 0 Å². The fourth-order valence-corrected chi connectivity index (χ4v) is 3.64. The van der Waals surface area contributed by atoms with Gasteiger partial charge in [-0.25, -0.2) is 0 Å². The summed E-state index contributed by atoms with van der Waals surface area (Å²) >= 11 is 1.39. The first-order chi connectivity index (χ1) is 9.96. The maximum atomic E-state index is 10.3. The van der Waals surface area contributed by atoms with Crippen LogP contribution in [0.5, 0.6) is 0 Å². The van der Waals surface area contributed by atoms with Crippen molar-refractivity contribution < 1.29 is 24.4 Å². The fraction of sp³-hybridized carbons (Fsp3) is 0.600. The lowest BCUT2D eigenvalue weighted by molar-refractivity contribution is -0.350. The second-order valence-corrected chi connectivity index (χ2v) is 6.92. The highest BCUT2D eigenvalue weighted by Crippen LogP contribution is 2.37. The predicted octanol–water partition coefficient (Wildman–Crippen LogP) is 1.38. The van der Waals surface area contributed by atoms with Crippen molar-refractivity contribution >= 4 is 11.8 Å². The topological polar surface area (TPSA) is 68.2 Å². The van der Waals surface area contributed by atoms with Gasteiger partial charge in [0.25, 0.3) is 0 Å². The lowest BCUT2D eigenvalue weighted by Crippen LogP contribution is -2.63. The van der Waals surface area contributed by atoms with E-state index in [9.17, 15) is 10.2 Å². The van der Waals surface area contributed by atoms with Gasteiger partial charge in [0.1, 0.15) is 29.9 Å². The van der Waals surface area contributed by atoms with Crippen LogP contribution in [0.2, 0.25) is 0 Å². The Morgan fingerprint density at radius 2 is 1.86 bits per heavy atom. The van der Waals surface area contributed by atoms with Crippen molar-refractivity contribution in [1.82, 2.24) is 0 Å². The fourth-order valence-electron chi connectivity index (χ4n) is 2.56. The van der Waals surface area contributed by atoms with Crippen LogP contribution in [0.3, 0.4) is 0 Å². The number of hydrogen-bond acceptors (Lipinski definition) is 6. The van der Waals surface area contributed by atoms with Gasteiger partial charge in [-0.2, -0.15) is 0 Å². The van der Waals surface area contributed by atoms with Crippen molar-refractivity contribution in [2.24, 2.45) is 0 Å². The molecule has 2 heterocycles. The highest BCUT2D eigenvalue weighted by Gasteiger charge is 2.50. The standard InChI is InChI=1S/C15H20O5S/c1-15(2)18-8-10-13(20-15)11(16)12(17)14(19-10)21-9-6-4-3-5-7-9/h3-7,10-14,16-17H,8H2,1-2H3/t10-,11-,12+,13-,14+/m1/s1. The second kappa shape index (κ2) is 5.87. The highest BCUT2D eigenvalue weighted by molar-refractivity contribution is 7.99. The first-order valence-corrected chi connectivity index (χ1v) is 7.89. The number of benzene rings is 1. The van der Waals surface area contributed by atoms with Crippen LogP contribution >= 0.6 is 11.8 Å². The minimum Gasteiger partial charge on any atom is -0.387 e. The number of hydrogen-bond donors (Lipinski definition) is 2. The average molecular weight is 312 g/mol. The third-order valence-corrected chi connectivity index (χ3v) is 4.82. The van der Waals surface area contributed by atoms with Crippen molar-refractivity contribution in [2.45, 2.75) is 54.4 Å². The predicted molar refractivity (Wildman–Crippen MR) is 77.9 cm³/mol. The van der Waals surface area contributed by atoms with Crippen LogP contribution in [0.1, 0.15) is 13.8 Å². The van der Waals surface area contributed by atoms with Crippen molar-refractivity contribution in [3.63, 3.8) is 0 Å². The summed E-state index contributed by atoms with van der Waals surface area (Å²) < 4.78 is 17.1. The lowest BCUT2D eigenvalue weighted by Gasteiger charge is -2.48. The summed E-state index contributed by atoms with van der Waals surface area (Å²) in [5.74, 6) is -0.773. The minimum atomic E-state index is -1.01. The van der Waals surface area contributed by atoms with Crippen molar-refractivity contribution in [1.29, 1.82) is 0 Å². The summed E-state index contributed by atoms with van der Waals surface area (Å²) in [7, 11) is 0. The Bertz CT molecular complexity index is 478. The van der Waals surface area contributed by atoms with E-state index in [2.05, 4.69) is 0 Å². The summed E-state index contributed by atoms with van der Waals surface area (Å²) in [6.07, 6.45) is -2.95. The Morgan fingerprint density at radius 3 is 2.57 bits per heavy atom. The Kier molecular flexibility index (Phi) is 4.27. The molecule has 0 unspecified atom stereocenters. The highest BCUT2D eigenvalue weighted by atomic mass is 32.2. The molecule has 116 valence electrons. The minimum absolute atomic E-state index is 0.341. The molecule has 1 aromatic carbocycles. The molecule has 0 aromatic heterocycles. The van der Waals surface area contributed by atoms with Crippen molar-refractivity contribution in [2.75, 3.05) is 6.61 Å². The van der Waals surface area contributed by atoms with E-state index in [4.69, 9.17) is 14.2 Å². The van der Waals surface area contributed by atoms with E-state index in [1.54, 1.807) is 13.8 Å². The van der Waals surface area contributed by atoms with Gasteiger partial charge in [-0.05, 0) is 26.0 Å². The molecule has 0 saturated carbocycles. The van der Waals surface area contributed by atoms with Gasteiger partial charge < -0.3 is 24.4 Å². The van der Waals surface area contributed by atoms with E-state index < -0.39 is 29.5 Å². The van der Waals surface area contributed by atoms with Crippen LogP contribution in [-0.2, 0) is 14.2 Å². The van der Waals surface area contributed by atoms with E-state index in [0.717, 1.165) is 4.90 Å². The van der Waals surface area contributed by atoms with Crippen molar-refractivity contribution in [3.05, 3.63) is 30.3 Å². The summed E-state index contributed by atoms with van der Waals surface area (Å²) in [6, 6.07) is 9.66. The SMILES string of the molecule is CC1(C)OC[C@H]2O[C@@H](Sc3ccccc3)[C@@H](O)[C@@H](O)[C@@H]2O1. The maximum Gasteiger partial charge on any atom is 0.163 e. The van der Waals surface area contributed by atoms with E-state index in [1.165, 1.54) is 11.8 Å². The van der Waals surface area contributed by atoms with E-state index in [-0.39, 0.29) is 6.10 Å². The number of ether oxygens (including phenoxy) is 3. The Labute approximate surface area is 128 Å². The second-order valence-electron chi connectivity index (χ2n) is 5.75. The van der Waals surface area contributed by atoms with Gasteiger partial charge in [-0.3, -0.25) is 0 Å². The molecule has 0 radical (unpaired) electrons. The third kappa shape index (κ3) is 3.26. The molecule has 3 rings (SSSR count). The van der Waals surface area contributed by atoms with Crippen LogP contribution in [0.15, 0.2) is 35.2 Å². The van der Waals surface area contributed by atoms with E-state index >= 15 is 0 Å². The molecule has 2 fully saturated rings. The summed E-state index contributed by atoms with van der Waals surface area (Å²) in [5, 5.41) is 20.6. The molecule has 6 heteroatoms. The molecule has 5 atom stereocenters. The van der Waals surface area contributed by atoms with Gasteiger partial charge in [0.2, 0.25) is 0 Å². The largest absolute Gasteiger partial charge is 0.387 e. The molecule has 0 bridgehead atoms. The molecule has 5 nitrogen and oxygen atoms in total. The summed E-state index contributed by atoms with van der Waals surface area (Å²) in [4.78, 5) is 0.977. The van der Waals surface area contributed by atoms with Crippen LogP contribution in [0, 0.1) is 0 Å². The number of aliphatic hydroxyl groups excluding tert-OH is 2. The van der Waals surface area contributed by atoms with Crippen LogP contribution in [-0.4, -0.2) is 52.5 Å². The molecule has 2 saturated heterocycles. The van der Waals surface area contributed by atoms with Crippen LogP contribution < -0.4 is 0 Å². The molecular formula is C15H20O5S. The van der Waals surface area contributed by atoms with Gasteiger partial charge in [0, 0.05) is 4.90 Å². The third-order valence-electron chi connectivity index (χ3n) is 3.65. The van der Waals surface area contributed by atoms with Gasteiger partial charge in [-0.1, -0.05) is 30.0 Å². The van der Waals surface area contributed by atoms with E-state index in [0.29, 0.717) is 6.61 Å². The van der Waals surface area contributed by atoms with Gasteiger partial charge in [0.15, 0.2) is 5.79 Å². The van der Waals surface area contributed by atoms with Gasteiger partial charge in [-0.15, -0.1) is 0 Å². The number of thioether (sulfide) groups is 1. The Hall–Kier alpha value is -0.630. The quantitative estimate of drug-likeness (QED) is 0.860. The molecule has 1 aromatic rings. The van der Waals surface area contributed by atoms with Gasteiger partial charge >= 0.3 is 0 Å². The van der Waals surface area contributed by atoms with Crippen LogP contribution in [0.25, 0.3) is 0 Å². The smallest absolute Gasteiger partial charge is 0.163 e. The maximum absolute atomic E-state index is 10.3. The molecule has 0 spiro atoms. The monoisotopic (exact) mass is 312 g/mol. The molecule has 0 amide bonds. The molecule has 0 aliphatic carbocycles. The molecule has 2 aliphatic rings. The summed E-state index contributed by atoms with van der Waals surface area (Å²) in [5.41, 5.74) is -0.544. The summed E-state index contributed by atoms with van der Waals surface area (Å²) in [6.45, 7) is 3.91. The lowest BCUT2D eigenvalue weighted by atomic mass is 9.98. The Balaban J connectivity index is 1.72. The van der Waals surface area contributed by atoms with Gasteiger partial charge in [0.05, 0.1) is 6.61 Å². The van der Waals surface area contributed by atoms with E-state index in [1.807, 2.05) is 30.3 Å². The normalized spacial score (nSPS) is 38.8. The number of aliphatic hydroxyl groups is 2. The average Bonchev–Trinajstić information content (AvgIpc) is 2.46. The molecule has 2 aliphatic heterocycles. The zero-order valence-corrected chi connectivity index (χ0v) is 12.8. The zero-order chi connectivity index (χ0) is 15.0. The molecule has 2 N–H and O–H groups in total. The number of rotatable bonds is 2. The number of fused-ring (bicyclic) bond motifs is 1. The first-order valence-electron chi connectivity index (χ1n) is 7.01. The zero-order valence-electron chi connectivity index (χ0n) is 12.0.